The summed E-state index contributed by atoms with van der Waals surface area (Å²) in [6.07, 6.45) is 0. The standard InChI is InChI=1S/C13H19NOS/c1-13(2)9-16-12(14-13)11-6-4-10(5-7-11)8-15-3/h4-7,12,14H,8-9H2,1-3H3. The summed E-state index contributed by atoms with van der Waals surface area (Å²) in [6, 6.07) is 8.68. The first-order chi connectivity index (χ1) is 7.61. The topological polar surface area (TPSA) is 21.3 Å². The highest BCUT2D eigenvalue weighted by Crippen LogP contribution is 2.37. The van der Waals surface area contributed by atoms with Crippen LogP contribution in [0.1, 0.15) is 30.3 Å². The average molecular weight is 237 g/mol. The first-order valence-electron chi connectivity index (χ1n) is 5.58. The first kappa shape index (κ1) is 12.0. The molecule has 2 rings (SSSR count). The molecule has 0 aliphatic carbocycles. The smallest absolute Gasteiger partial charge is 0.0794 e. The summed E-state index contributed by atoms with van der Waals surface area (Å²) in [7, 11) is 1.73. The van der Waals surface area contributed by atoms with Crippen molar-refractivity contribution in [1.29, 1.82) is 0 Å². The maximum atomic E-state index is 5.11. The first-order valence-corrected chi connectivity index (χ1v) is 6.63. The van der Waals surface area contributed by atoms with Crippen LogP contribution in [0.2, 0.25) is 0 Å². The van der Waals surface area contributed by atoms with Crippen LogP contribution in [0.4, 0.5) is 0 Å². The van der Waals surface area contributed by atoms with E-state index in [2.05, 4.69) is 43.4 Å². The summed E-state index contributed by atoms with van der Waals surface area (Å²) in [5, 5.41) is 4.07. The average Bonchev–Trinajstić information content (AvgIpc) is 2.61. The lowest BCUT2D eigenvalue weighted by Gasteiger charge is -2.19. The van der Waals surface area contributed by atoms with Gasteiger partial charge in [0.15, 0.2) is 0 Å². The molecule has 1 fully saturated rings. The van der Waals surface area contributed by atoms with Gasteiger partial charge in [0, 0.05) is 18.4 Å². The van der Waals surface area contributed by atoms with Crippen LogP contribution < -0.4 is 5.32 Å². The molecule has 0 radical (unpaired) electrons. The van der Waals surface area contributed by atoms with Crippen LogP contribution in [-0.4, -0.2) is 18.4 Å². The van der Waals surface area contributed by atoms with Crippen LogP contribution >= 0.6 is 11.8 Å². The fourth-order valence-corrected chi connectivity index (χ4v) is 3.28. The maximum Gasteiger partial charge on any atom is 0.0794 e. The second-order valence-electron chi connectivity index (χ2n) is 4.89. The van der Waals surface area contributed by atoms with Crippen molar-refractivity contribution < 1.29 is 4.74 Å². The molecular weight excluding hydrogens is 218 g/mol. The van der Waals surface area contributed by atoms with E-state index in [1.54, 1.807) is 7.11 Å². The number of ether oxygens (including phenoxy) is 1. The van der Waals surface area contributed by atoms with Gasteiger partial charge in [-0.1, -0.05) is 24.3 Å². The van der Waals surface area contributed by atoms with E-state index in [0.717, 1.165) is 5.75 Å². The fraction of sp³-hybridized carbons (Fsp3) is 0.538. The van der Waals surface area contributed by atoms with Gasteiger partial charge in [-0.3, -0.25) is 5.32 Å². The summed E-state index contributed by atoms with van der Waals surface area (Å²) in [5.74, 6) is 1.16. The SMILES string of the molecule is COCc1ccc(C2NC(C)(C)CS2)cc1. The van der Waals surface area contributed by atoms with E-state index in [1.807, 2.05) is 11.8 Å². The molecule has 1 aromatic carbocycles. The molecule has 3 heteroatoms. The molecule has 1 atom stereocenters. The van der Waals surface area contributed by atoms with Gasteiger partial charge < -0.3 is 4.74 Å². The van der Waals surface area contributed by atoms with Gasteiger partial charge in [-0.05, 0) is 25.0 Å². The van der Waals surface area contributed by atoms with Crippen molar-refractivity contribution in [3.63, 3.8) is 0 Å². The summed E-state index contributed by atoms with van der Waals surface area (Å²) < 4.78 is 5.11. The number of hydrogen-bond donors (Lipinski definition) is 1. The van der Waals surface area contributed by atoms with E-state index < -0.39 is 0 Å². The van der Waals surface area contributed by atoms with Gasteiger partial charge in [0.2, 0.25) is 0 Å². The van der Waals surface area contributed by atoms with Gasteiger partial charge in [-0.25, -0.2) is 0 Å². The molecule has 1 aliphatic rings. The molecule has 16 heavy (non-hydrogen) atoms. The molecule has 0 amide bonds. The lowest BCUT2D eigenvalue weighted by atomic mass is 10.1. The molecule has 88 valence electrons. The summed E-state index contributed by atoms with van der Waals surface area (Å²) in [4.78, 5) is 0. The number of benzene rings is 1. The third kappa shape index (κ3) is 2.78. The van der Waals surface area contributed by atoms with Crippen LogP contribution in [0.15, 0.2) is 24.3 Å². The van der Waals surface area contributed by atoms with Crippen LogP contribution in [0.25, 0.3) is 0 Å². The zero-order valence-electron chi connectivity index (χ0n) is 10.1. The Hall–Kier alpha value is -0.510. The molecule has 1 N–H and O–H groups in total. The molecule has 2 nitrogen and oxygen atoms in total. The predicted octanol–water partition coefficient (Wildman–Crippen LogP) is 2.95. The predicted molar refractivity (Wildman–Crippen MR) is 69.6 cm³/mol. The van der Waals surface area contributed by atoms with Crippen LogP contribution in [0.5, 0.6) is 0 Å². The summed E-state index contributed by atoms with van der Waals surface area (Å²) in [6.45, 7) is 5.19. The Bertz CT molecular complexity index is 347. The largest absolute Gasteiger partial charge is 0.380 e. The van der Waals surface area contributed by atoms with Crippen molar-refractivity contribution in [2.75, 3.05) is 12.9 Å². The van der Waals surface area contributed by atoms with Crippen molar-refractivity contribution in [2.24, 2.45) is 0 Å². The minimum absolute atomic E-state index is 0.251. The second-order valence-corrected chi connectivity index (χ2v) is 5.99. The van der Waals surface area contributed by atoms with Crippen LogP contribution in [0, 0.1) is 0 Å². The molecule has 1 heterocycles. The van der Waals surface area contributed by atoms with Gasteiger partial charge >= 0.3 is 0 Å². The van der Waals surface area contributed by atoms with Gasteiger partial charge in [-0.15, -0.1) is 11.8 Å². The quantitative estimate of drug-likeness (QED) is 0.873. The zero-order chi connectivity index (χ0) is 11.6. The van der Waals surface area contributed by atoms with E-state index in [-0.39, 0.29) is 5.54 Å². The molecule has 0 saturated carbocycles. The minimum Gasteiger partial charge on any atom is -0.380 e. The summed E-state index contributed by atoms with van der Waals surface area (Å²) in [5.41, 5.74) is 2.84. The molecule has 0 bridgehead atoms. The number of methoxy groups -OCH3 is 1. The molecule has 1 aliphatic heterocycles. The fourth-order valence-electron chi connectivity index (χ4n) is 1.86. The summed E-state index contributed by atoms with van der Waals surface area (Å²) >= 11 is 1.98. The van der Waals surface area contributed by atoms with Crippen molar-refractivity contribution in [3.05, 3.63) is 35.4 Å². The number of rotatable bonds is 3. The number of hydrogen-bond acceptors (Lipinski definition) is 3. The lowest BCUT2D eigenvalue weighted by Crippen LogP contribution is -2.35. The highest BCUT2D eigenvalue weighted by atomic mass is 32.2. The molecule has 1 unspecified atom stereocenters. The minimum atomic E-state index is 0.251. The van der Waals surface area contributed by atoms with E-state index in [9.17, 15) is 0 Å². The normalized spacial score (nSPS) is 23.6. The molecule has 0 spiro atoms. The maximum absolute atomic E-state index is 5.11. The molecule has 0 aromatic heterocycles. The van der Waals surface area contributed by atoms with E-state index in [1.165, 1.54) is 11.1 Å². The van der Waals surface area contributed by atoms with Crippen molar-refractivity contribution in [2.45, 2.75) is 31.4 Å². The Morgan fingerprint density at radius 2 is 2.06 bits per heavy atom. The van der Waals surface area contributed by atoms with E-state index >= 15 is 0 Å². The Balaban J connectivity index is 2.05. The lowest BCUT2D eigenvalue weighted by molar-refractivity contribution is 0.185. The van der Waals surface area contributed by atoms with Crippen LogP contribution in [0.3, 0.4) is 0 Å². The highest BCUT2D eigenvalue weighted by Gasteiger charge is 2.31. The monoisotopic (exact) mass is 237 g/mol. The van der Waals surface area contributed by atoms with Crippen LogP contribution in [-0.2, 0) is 11.3 Å². The number of thioether (sulfide) groups is 1. The molecule has 1 saturated heterocycles. The third-order valence-electron chi connectivity index (χ3n) is 2.73. The molecular formula is C13H19NOS. The third-order valence-corrected chi connectivity index (χ3v) is 4.34. The highest BCUT2D eigenvalue weighted by molar-refractivity contribution is 7.99. The Kier molecular flexibility index (Phi) is 3.57. The second kappa shape index (κ2) is 4.78. The van der Waals surface area contributed by atoms with E-state index in [4.69, 9.17) is 4.74 Å². The van der Waals surface area contributed by atoms with Gasteiger partial charge in [0.25, 0.3) is 0 Å². The molecule has 1 aromatic rings. The van der Waals surface area contributed by atoms with Crippen molar-refractivity contribution in [1.82, 2.24) is 5.32 Å². The Labute approximate surface area is 102 Å². The van der Waals surface area contributed by atoms with Crippen molar-refractivity contribution >= 4 is 11.8 Å². The zero-order valence-corrected chi connectivity index (χ0v) is 10.9. The van der Waals surface area contributed by atoms with Gasteiger partial charge in [0.1, 0.15) is 0 Å². The van der Waals surface area contributed by atoms with E-state index in [0.29, 0.717) is 12.0 Å². The number of nitrogens with one attached hydrogen (secondary N) is 1. The van der Waals surface area contributed by atoms with Gasteiger partial charge in [-0.2, -0.15) is 0 Å². The Morgan fingerprint density at radius 1 is 1.38 bits per heavy atom. The Morgan fingerprint density at radius 3 is 2.56 bits per heavy atom. The van der Waals surface area contributed by atoms with Gasteiger partial charge in [0.05, 0.1) is 12.0 Å². The van der Waals surface area contributed by atoms with Crippen molar-refractivity contribution in [3.8, 4) is 0 Å².